The predicted molar refractivity (Wildman–Crippen MR) is 96.5 cm³/mol. The second-order valence-electron chi connectivity index (χ2n) is 6.23. The Bertz CT molecular complexity index is 905. The van der Waals surface area contributed by atoms with Gasteiger partial charge in [0.1, 0.15) is 6.33 Å². The molecule has 1 amide bonds. The maximum Gasteiger partial charge on any atom is 0.293 e. The van der Waals surface area contributed by atoms with Gasteiger partial charge in [-0.3, -0.25) is 14.5 Å². The zero-order valence-electron chi connectivity index (χ0n) is 14.5. The highest BCUT2D eigenvalue weighted by Crippen LogP contribution is 2.29. The van der Waals surface area contributed by atoms with Crippen LogP contribution in [-0.2, 0) is 38.0 Å². The number of ether oxygens (including phenoxy) is 1. The fourth-order valence-corrected chi connectivity index (χ4v) is 4.08. The smallest absolute Gasteiger partial charge is 0.293 e. The monoisotopic (exact) mass is 369 g/mol. The Labute approximate surface area is 155 Å². The van der Waals surface area contributed by atoms with E-state index in [2.05, 4.69) is 21.1 Å². The van der Waals surface area contributed by atoms with Crippen LogP contribution in [0.4, 0.5) is 0 Å². The van der Waals surface area contributed by atoms with Crippen LogP contribution in [0.5, 0.6) is 0 Å². The number of rotatable bonds is 5. The van der Waals surface area contributed by atoms with Crippen LogP contribution >= 0.6 is 11.3 Å². The summed E-state index contributed by atoms with van der Waals surface area (Å²) in [6.45, 7) is 2.42. The van der Waals surface area contributed by atoms with Gasteiger partial charge in [-0.15, -0.1) is 16.4 Å². The predicted octanol–water partition coefficient (Wildman–Crippen LogP) is 2.19. The van der Waals surface area contributed by atoms with Crippen LogP contribution in [0, 0.1) is 0 Å². The number of hydrogen-bond donors (Lipinski definition) is 0. The Hall–Kier alpha value is -2.58. The van der Waals surface area contributed by atoms with Crippen molar-refractivity contribution in [3.63, 3.8) is 0 Å². The fraction of sp³-hybridized carbons (Fsp3) is 0.333. The molecule has 0 aliphatic carbocycles. The number of fused-ring (bicyclic) bond motifs is 1. The van der Waals surface area contributed by atoms with Gasteiger partial charge in [0, 0.05) is 42.3 Å². The van der Waals surface area contributed by atoms with Crippen LogP contribution in [0.15, 0.2) is 36.9 Å². The van der Waals surface area contributed by atoms with E-state index in [1.807, 2.05) is 23.2 Å². The molecule has 0 saturated heterocycles. The van der Waals surface area contributed by atoms with E-state index >= 15 is 0 Å². The van der Waals surface area contributed by atoms with Crippen molar-refractivity contribution in [3.05, 3.63) is 63.6 Å². The Kier molecular flexibility index (Phi) is 4.77. The summed E-state index contributed by atoms with van der Waals surface area (Å²) in [4.78, 5) is 25.0. The van der Waals surface area contributed by atoms with E-state index in [1.165, 1.54) is 15.3 Å². The summed E-state index contributed by atoms with van der Waals surface area (Å²) in [7, 11) is 1.76. The fourth-order valence-electron chi connectivity index (χ4n) is 2.97. The van der Waals surface area contributed by atoms with Gasteiger partial charge in [-0.05, 0) is 29.7 Å². The molecule has 0 N–H and O–H groups in total. The highest BCUT2D eigenvalue weighted by atomic mass is 32.1. The molecule has 0 aromatic carbocycles. The summed E-state index contributed by atoms with van der Waals surface area (Å²) in [6, 6.07) is 6.06. The molecule has 1 aliphatic heterocycles. The summed E-state index contributed by atoms with van der Waals surface area (Å²) in [5.74, 6) is 0.142. The third kappa shape index (κ3) is 3.66. The average molecular weight is 369 g/mol. The van der Waals surface area contributed by atoms with Gasteiger partial charge in [0.15, 0.2) is 0 Å². The Morgan fingerprint density at radius 1 is 1.38 bits per heavy atom. The summed E-state index contributed by atoms with van der Waals surface area (Å²) in [6.07, 6.45) is 5.98. The minimum absolute atomic E-state index is 0.114. The second-order valence-corrected chi connectivity index (χ2v) is 7.46. The molecule has 134 valence electrons. The summed E-state index contributed by atoms with van der Waals surface area (Å²) >= 11 is 1.77. The molecule has 4 heterocycles. The third-order valence-corrected chi connectivity index (χ3v) is 5.44. The topological polar surface area (TPSA) is 73.1 Å². The van der Waals surface area contributed by atoms with Crippen LogP contribution in [0.25, 0.3) is 0 Å². The SMILES string of the molecule is Cn1cnc(C(=O)N2CCc3sc(COCc4cccnc4)cc3C2)n1. The lowest BCUT2D eigenvalue weighted by molar-refractivity contribution is 0.0723. The van der Waals surface area contributed by atoms with E-state index < -0.39 is 0 Å². The van der Waals surface area contributed by atoms with Gasteiger partial charge in [0.05, 0.1) is 13.2 Å². The number of aryl methyl sites for hydroxylation is 1. The first kappa shape index (κ1) is 16.9. The molecule has 0 bridgehead atoms. The molecular formula is C18H19N5O2S. The molecule has 7 nitrogen and oxygen atoms in total. The zero-order chi connectivity index (χ0) is 17.9. The highest BCUT2D eigenvalue weighted by molar-refractivity contribution is 7.12. The van der Waals surface area contributed by atoms with E-state index in [-0.39, 0.29) is 11.7 Å². The van der Waals surface area contributed by atoms with Gasteiger partial charge < -0.3 is 9.64 Å². The molecular weight excluding hydrogens is 350 g/mol. The molecule has 8 heteroatoms. The number of hydrogen-bond acceptors (Lipinski definition) is 6. The first-order valence-corrected chi connectivity index (χ1v) is 9.23. The number of carbonyl (C=O) groups is 1. The largest absolute Gasteiger partial charge is 0.371 e. The van der Waals surface area contributed by atoms with E-state index in [4.69, 9.17) is 4.74 Å². The normalized spacial score (nSPS) is 13.7. The lowest BCUT2D eigenvalue weighted by Gasteiger charge is -2.25. The van der Waals surface area contributed by atoms with E-state index in [0.717, 1.165) is 12.0 Å². The molecule has 1 aliphatic rings. The number of thiophene rings is 1. The maximum atomic E-state index is 12.5. The number of carbonyl (C=O) groups excluding carboxylic acids is 1. The number of aromatic nitrogens is 4. The minimum Gasteiger partial charge on any atom is -0.371 e. The molecule has 0 unspecified atom stereocenters. The quantitative estimate of drug-likeness (QED) is 0.689. The number of pyridine rings is 1. The van der Waals surface area contributed by atoms with Crippen molar-refractivity contribution in [3.8, 4) is 0 Å². The first-order valence-electron chi connectivity index (χ1n) is 8.41. The van der Waals surface area contributed by atoms with Crippen molar-refractivity contribution < 1.29 is 9.53 Å². The lowest BCUT2D eigenvalue weighted by Crippen LogP contribution is -2.36. The van der Waals surface area contributed by atoms with Gasteiger partial charge in [-0.25, -0.2) is 4.98 Å². The number of amides is 1. The molecule has 3 aromatic heterocycles. The maximum absolute atomic E-state index is 12.5. The molecule has 0 fully saturated rings. The Balaban J connectivity index is 1.37. The van der Waals surface area contributed by atoms with Gasteiger partial charge >= 0.3 is 0 Å². The third-order valence-electron chi connectivity index (χ3n) is 4.23. The van der Waals surface area contributed by atoms with Crippen molar-refractivity contribution in [2.45, 2.75) is 26.2 Å². The van der Waals surface area contributed by atoms with E-state index in [9.17, 15) is 4.79 Å². The average Bonchev–Trinajstić information content (AvgIpc) is 3.27. The van der Waals surface area contributed by atoms with Gasteiger partial charge in [0.2, 0.25) is 5.82 Å². The Morgan fingerprint density at radius 2 is 2.31 bits per heavy atom. The number of nitrogens with zero attached hydrogens (tertiary/aromatic N) is 5. The van der Waals surface area contributed by atoms with Crippen LogP contribution in [-0.4, -0.2) is 37.1 Å². The van der Waals surface area contributed by atoms with Crippen LogP contribution in [0.1, 0.15) is 31.5 Å². The molecule has 3 aromatic rings. The molecule has 0 atom stereocenters. The van der Waals surface area contributed by atoms with Gasteiger partial charge in [-0.2, -0.15) is 0 Å². The molecule has 0 saturated carbocycles. The summed E-state index contributed by atoms with van der Waals surface area (Å²) in [5.41, 5.74) is 2.26. The molecule has 0 spiro atoms. The summed E-state index contributed by atoms with van der Waals surface area (Å²) in [5, 5.41) is 4.11. The van der Waals surface area contributed by atoms with Gasteiger partial charge in [-0.1, -0.05) is 6.07 Å². The standard InChI is InChI=1S/C18H19N5O2S/c1-22-12-20-17(21-22)18(24)23-6-4-16-14(9-23)7-15(26-16)11-25-10-13-3-2-5-19-8-13/h2-3,5,7-8,12H,4,6,9-11H2,1H3. The van der Waals surface area contributed by atoms with Gasteiger partial charge in [0.25, 0.3) is 5.91 Å². The van der Waals surface area contributed by atoms with Crippen LogP contribution in [0.3, 0.4) is 0 Å². The first-order chi connectivity index (χ1) is 12.7. The van der Waals surface area contributed by atoms with Crippen molar-refractivity contribution in [2.24, 2.45) is 7.05 Å². The van der Waals surface area contributed by atoms with Crippen molar-refractivity contribution >= 4 is 17.2 Å². The van der Waals surface area contributed by atoms with E-state index in [0.29, 0.717) is 26.3 Å². The van der Waals surface area contributed by atoms with Crippen molar-refractivity contribution in [2.75, 3.05) is 6.54 Å². The Morgan fingerprint density at radius 3 is 3.08 bits per heavy atom. The van der Waals surface area contributed by atoms with Crippen LogP contribution in [0.2, 0.25) is 0 Å². The van der Waals surface area contributed by atoms with Crippen LogP contribution < -0.4 is 0 Å². The molecule has 0 radical (unpaired) electrons. The second kappa shape index (κ2) is 7.35. The zero-order valence-corrected chi connectivity index (χ0v) is 15.3. The van der Waals surface area contributed by atoms with Crippen molar-refractivity contribution in [1.29, 1.82) is 0 Å². The summed E-state index contributed by atoms with van der Waals surface area (Å²) < 4.78 is 7.34. The van der Waals surface area contributed by atoms with E-state index in [1.54, 1.807) is 35.6 Å². The molecule has 26 heavy (non-hydrogen) atoms. The minimum atomic E-state index is -0.114. The highest BCUT2D eigenvalue weighted by Gasteiger charge is 2.25. The van der Waals surface area contributed by atoms with Crippen molar-refractivity contribution in [1.82, 2.24) is 24.6 Å². The molecule has 4 rings (SSSR count). The lowest BCUT2D eigenvalue weighted by atomic mass is 10.1.